The van der Waals surface area contributed by atoms with E-state index in [9.17, 15) is 34.5 Å². The standard InChI is InChI=1S/C14H10O8/c15-10(16)8-3-1-2-7-6(8)4-5-14(12(19)20,13(21)22)9(7)11(17)18/h1-5,9H,(H,15,16)(H,17,18)(H,19,20)(H,21,22). The van der Waals surface area contributed by atoms with Gasteiger partial charge in [0.15, 0.2) is 5.41 Å². The van der Waals surface area contributed by atoms with E-state index in [1.165, 1.54) is 18.2 Å². The highest BCUT2D eigenvalue weighted by atomic mass is 16.4. The van der Waals surface area contributed by atoms with Crippen LogP contribution < -0.4 is 0 Å². The van der Waals surface area contributed by atoms with Crippen molar-refractivity contribution in [3.8, 4) is 0 Å². The third-order valence-electron chi connectivity index (χ3n) is 3.60. The molecule has 1 aromatic carbocycles. The van der Waals surface area contributed by atoms with E-state index < -0.39 is 35.2 Å². The number of fused-ring (bicyclic) bond motifs is 1. The first-order chi connectivity index (χ1) is 10.2. The van der Waals surface area contributed by atoms with Crippen LogP contribution in [0.25, 0.3) is 6.08 Å². The van der Waals surface area contributed by atoms with Crippen molar-refractivity contribution in [2.75, 3.05) is 0 Å². The molecule has 8 nitrogen and oxygen atoms in total. The molecule has 0 saturated heterocycles. The van der Waals surface area contributed by atoms with E-state index in [2.05, 4.69) is 0 Å². The van der Waals surface area contributed by atoms with Crippen LogP contribution in [0, 0.1) is 5.41 Å². The number of carboxylic acid groups (broad SMARTS) is 4. The van der Waals surface area contributed by atoms with E-state index in [1.54, 1.807) is 0 Å². The molecular formula is C14H10O8. The summed E-state index contributed by atoms with van der Waals surface area (Å²) >= 11 is 0. The summed E-state index contributed by atoms with van der Waals surface area (Å²) in [6.07, 6.45) is 1.74. The Morgan fingerprint density at radius 3 is 2.00 bits per heavy atom. The summed E-state index contributed by atoms with van der Waals surface area (Å²) in [4.78, 5) is 45.6. The van der Waals surface area contributed by atoms with Gasteiger partial charge in [-0.15, -0.1) is 0 Å². The molecule has 0 aromatic heterocycles. The molecule has 0 fully saturated rings. The summed E-state index contributed by atoms with van der Waals surface area (Å²) in [7, 11) is 0. The van der Waals surface area contributed by atoms with Gasteiger partial charge in [0.2, 0.25) is 0 Å². The third-order valence-corrected chi connectivity index (χ3v) is 3.60. The van der Waals surface area contributed by atoms with Crippen LogP contribution in [0.15, 0.2) is 24.3 Å². The Bertz CT molecular complexity index is 716. The number of aliphatic carboxylic acids is 3. The minimum absolute atomic E-state index is 0.0134. The Morgan fingerprint density at radius 1 is 0.955 bits per heavy atom. The highest BCUT2D eigenvalue weighted by Crippen LogP contribution is 2.45. The number of carbonyl (C=O) groups is 4. The van der Waals surface area contributed by atoms with Gasteiger partial charge >= 0.3 is 23.9 Å². The summed E-state index contributed by atoms with van der Waals surface area (Å²) in [6.45, 7) is 0. The lowest BCUT2D eigenvalue weighted by Gasteiger charge is -2.32. The van der Waals surface area contributed by atoms with Crippen molar-refractivity contribution in [2.24, 2.45) is 5.41 Å². The SMILES string of the molecule is O=C(O)c1cccc2c1C=CC(C(=O)O)(C(=O)O)C2C(=O)O. The van der Waals surface area contributed by atoms with E-state index in [0.29, 0.717) is 6.08 Å². The quantitative estimate of drug-likeness (QED) is 0.595. The molecule has 1 unspecified atom stereocenters. The number of aromatic carboxylic acids is 1. The van der Waals surface area contributed by atoms with Crippen LogP contribution in [-0.2, 0) is 14.4 Å². The van der Waals surface area contributed by atoms with Crippen LogP contribution in [0.4, 0.5) is 0 Å². The number of carboxylic acids is 4. The van der Waals surface area contributed by atoms with Crippen LogP contribution in [-0.4, -0.2) is 44.3 Å². The van der Waals surface area contributed by atoms with Crippen molar-refractivity contribution >= 4 is 30.0 Å². The number of hydrogen-bond donors (Lipinski definition) is 4. The number of rotatable bonds is 4. The van der Waals surface area contributed by atoms with Crippen molar-refractivity contribution in [2.45, 2.75) is 5.92 Å². The molecule has 4 N–H and O–H groups in total. The van der Waals surface area contributed by atoms with Crippen LogP contribution in [0.1, 0.15) is 27.4 Å². The predicted octanol–water partition coefficient (Wildman–Crippen LogP) is 0.735. The summed E-state index contributed by atoms with van der Waals surface area (Å²) in [5.41, 5.74) is -3.11. The molecule has 8 heteroatoms. The molecule has 1 aliphatic carbocycles. The van der Waals surface area contributed by atoms with E-state index in [4.69, 9.17) is 5.11 Å². The van der Waals surface area contributed by atoms with Gasteiger partial charge in [-0.3, -0.25) is 14.4 Å². The molecule has 0 spiro atoms. The molecule has 0 aliphatic heterocycles. The smallest absolute Gasteiger partial charge is 0.336 e. The summed E-state index contributed by atoms with van der Waals surface area (Å²) < 4.78 is 0. The Kier molecular flexibility index (Phi) is 3.46. The minimum Gasteiger partial charge on any atom is -0.481 e. The average Bonchev–Trinajstić information content (AvgIpc) is 2.43. The maximum atomic E-state index is 11.5. The van der Waals surface area contributed by atoms with Gasteiger partial charge in [0, 0.05) is 0 Å². The van der Waals surface area contributed by atoms with Crippen molar-refractivity contribution in [1.29, 1.82) is 0 Å². The topological polar surface area (TPSA) is 149 Å². The minimum atomic E-state index is -2.70. The van der Waals surface area contributed by atoms with Gasteiger partial charge < -0.3 is 20.4 Å². The van der Waals surface area contributed by atoms with Crippen LogP contribution in [0.2, 0.25) is 0 Å². The van der Waals surface area contributed by atoms with Gasteiger partial charge in [0.05, 0.1) is 5.56 Å². The van der Waals surface area contributed by atoms with Crippen molar-refractivity contribution < 1.29 is 39.6 Å². The molecule has 2 rings (SSSR count). The van der Waals surface area contributed by atoms with Crippen molar-refractivity contribution in [1.82, 2.24) is 0 Å². The van der Waals surface area contributed by atoms with Gasteiger partial charge in [0.1, 0.15) is 5.92 Å². The largest absolute Gasteiger partial charge is 0.481 e. The Hall–Kier alpha value is -3.16. The van der Waals surface area contributed by atoms with E-state index in [-0.39, 0.29) is 16.7 Å². The lowest BCUT2D eigenvalue weighted by molar-refractivity contribution is -0.167. The normalized spacial score (nSPS) is 18.3. The first-order valence-electron chi connectivity index (χ1n) is 5.98. The molecule has 22 heavy (non-hydrogen) atoms. The van der Waals surface area contributed by atoms with Crippen LogP contribution in [0.5, 0.6) is 0 Å². The summed E-state index contributed by atoms with van der Waals surface area (Å²) in [6, 6.07) is 3.68. The molecule has 1 atom stereocenters. The maximum absolute atomic E-state index is 11.5. The zero-order valence-corrected chi connectivity index (χ0v) is 10.9. The molecule has 1 aromatic rings. The zero-order valence-electron chi connectivity index (χ0n) is 10.9. The fourth-order valence-corrected chi connectivity index (χ4v) is 2.57. The first-order valence-corrected chi connectivity index (χ1v) is 5.98. The highest BCUT2D eigenvalue weighted by Gasteiger charge is 2.57. The summed E-state index contributed by atoms with van der Waals surface area (Å²) in [5.74, 6) is -8.62. The second-order valence-electron chi connectivity index (χ2n) is 4.70. The van der Waals surface area contributed by atoms with Gasteiger partial charge in [-0.2, -0.15) is 0 Å². The van der Waals surface area contributed by atoms with Gasteiger partial charge in [-0.05, 0) is 17.2 Å². The molecule has 0 saturated carbocycles. The molecular weight excluding hydrogens is 296 g/mol. The zero-order chi connectivity index (χ0) is 16.7. The van der Waals surface area contributed by atoms with Crippen LogP contribution in [0.3, 0.4) is 0 Å². The highest BCUT2D eigenvalue weighted by molar-refractivity contribution is 6.09. The lowest BCUT2D eigenvalue weighted by atomic mass is 9.67. The van der Waals surface area contributed by atoms with Crippen LogP contribution >= 0.6 is 0 Å². The summed E-state index contributed by atoms with van der Waals surface area (Å²) in [5, 5.41) is 37.0. The van der Waals surface area contributed by atoms with E-state index in [0.717, 1.165) is 6.08 Å². The molecule has 114 valence electrons. The molecule has 0 amide bonds. The van der Waals surface area contributed by atoms with Crippen molar-refractivity contribution in [3.05, 3.63) is 41.0 Å². The third kappa shape index (κ3) is 1.93. The van der Waals surface area contributed by atoms with Gasteiger partial charge in [-0.1, -0.05) is 24.3 Å². The maximum Gasteiger partial charge on any atom is 0.336 e. The second kappa shape index (κ2) is 4.99. The monoisotopic (exact) mass is 306 g/mol. The van der Waals surface area contributed by atoms with E-state index in [1.807, 2.05) is 0 Å². The van der Waals surface area contributed by atoms with Gasteiger partial charge in [-0.25, -0.2) is 4.79 Å². The molecule has 0 radical (unpaired) electrons. The molecule has 1 aliphatic rings. The van der Waals surface area contributed by atoms with Crippen molar-refractivity contribution in [3.63, 3.8) is 0 Å². The Morgan fingerprint density at radius 2 is 1.55 bits per heavy atom. The fourth-order valence-electron chi connectivity index (χ4n) is 2.57. The Labute approximate surface area is 122 Å². The number of hydrogen-bond acceptors (Lipinski definition) is 4. The molecule has 0 bridgehead atoms. The fraction of sp³-hybridized carbons (Fsp3) is 0.143. The first kappa shape index (κ1) is 15.2. The predicted molar refractivity (Wildman–Crippen MR) is 70.5 cm³/mol. The van der Waals surface area contributed by atoms with Gasteiger partial charge in [0.25, 0.3) is 0 Å². The Balaban J connectivity index is 2.83. The number of benzene rings is 1. The second-order valence-corrected chi connectivity index (χ2v) is 4.70. The lowest BCUT2D eigenvalue weighted by Crippen LogP contribution is -2.47. The molecule has 0 heterocycles. The average molecular weight is 306 g/mol. The van der Waals surface area contributed by atoms with E-state index >= 15 is 0 Å².